The van der Waals surface area contributed by atoms with E-state index >= 15 is 0 Å². The van der Waals surface area contributed by atoms with Crippen LogP contribution >= 0.6 is 0 Å². The maximum atomic E-state index is 13.8. The van der Waals surface area contributed by atoms with E-state index in [2.05, 4.69) is 21.6 Å². The van der Waals surface area contributed by atoms with Gasteiger partial charge in [-0.2, -0.15) is 0 Å². The second-order valence-corrected chi connectivity index (χ2v) is 9.79. The van der Waals surface area contributed by atoms with Gasteiger partial charge in [-0.3, -0.25) is 14.5 Å². The highest BCUT2D eigenvalue weighted by atomic mass is 19.1. The minimum atomic E-state index is -0.396. The van der Waals surface area contributed by atoms with Crippen LogP contribution in [-0.4, -0.2) is 49.5 Å². The third kappa shape index (κ3) is 6.40. The van der Waals surface area contributed by atoms with E-state index in [4.69, 9.17) is 4.74 Å². The molecule has 0 atom stereocenters. The maximum Gasteiger partial charge on any atom is 0.238 e. The van der Waals surface area contributed by atoms with E-state index in [1.54, 1.807) is 19.1 Å². The molecule has 2 aromatic carbocycles. The van der Waals surface area contributed by atoms with Gasteiger partial charge in [-0.1, -0.05) is 37.1 Å². The molecule has 1 spiro atoms. The van der Waals surface area contributed by atoms with Crippen LogP contribution in [0, 0.1) is 18.2 Å². The summed E-state index contributed by atoms with van der Waals surface area (Å²) in [6.07, 6.45) is 6.46. The molecule has 2 amide bonds. The summed E-state index contributed by atoms with van der Waals surface area (Å²) in [5.74, 6) is 0.524. The Morgan fingerprint density at radius 3 is 2.71 bits per heavy atom. The zero-order valence-electron chi connectivity index (χ0n) is 20.6. The summed E-state index contributed by atoms with van der Waals surface area (Å²) < 4.78 is 19.7. The van der Waals surface area contributed by atoms with Gasteiger partial charge >= 0.3 is 0 Å². The molecule has 35 heavy (non-hydrogen) atoms. The number of rotatable bonds is 3. The summed E-state index contributed by atoms with van der Waals surface area (Å²) in [4.78, 5) is 28.0. The van der Waals surface area contributed by atoms with Crippen molar-refractivity contribution in [3.63, 3.8) is 0 Å². The third-order valence-corrected chi connectivity index (χ3v) is 7.42. The Bertz CT molecular complexity index is 1030. The highest BCUT2D eigenvalue weighted by Crippen LogP contribution is 2.37. The number of piperidine rings is 1. The van der Waals surface area contributed by atoms with Crippen molar-refractivity contribution in [1.29, 1.82) is 0 Å². The molecule has 0 saturated carbocycles. The Hall–Kier alpha value is -2.93. The van der Waals surface area contributed by atoms with Gasteiger partial charge in [0, 0.05) is 11.3 Å². The zero-order chi connectivity index (χ0) is 24.7. The number of benzene rings is 2. The molecule has 4 rings (SSSR count). The first-order valence-electron chi connectivity index (χ1n) is 12.7. The van der Waals surface area contributed by atoms with E-state index in [9.17, 15) is 14.0 Å². The van der Waals surface area contributed by atoms with Gasteiger partial charge in [0.1, 0.15) is 18.2 Å². The first-order valence-corrected chi connectivity index (χ1v) is 12.7. The number of hydrogen-bond donors (Lipinski definition) is 2. The van der Waals surface area contributed by atoms with Gasteiger partial charge in [-0.25, -0.2) is 4.39 Å². The molecule has 1 fully saturated rings. The van der Waals surface area contributed by atoms with Gasteiger partial charge in [0.15, 0.2) is 0 Å². The Morgan fingerprint density at radius 1 is 1.09 bits per heavy atom. The summed E-state index contributed by atoms with van der Waals surface area (Å²) in [6.45, 7) is 4.19. The number of likely N-dealkylation sites (tertiary alicyclic amines) is 1. The van der Waals surface area contributed by atoms with Crippen LogP contribution in [0.1, 0.15) is 49.7 Å². The molecule has 0 aromatic heterocycles. The second-order valence-electron chi connectivity index (χ2n) is 9.79. The molecular weight excluding hydrogens is 445 g/mol. The van der Waals surface area contributed by atoms with Crippen molar-refractivity contribution in [2.24, 2.45) is 5.41 Å². The van der Waals surface area contributed by atoms with Gasteiger partial charge in [0.2, 0.25) is 11.8 Å². The molecule has 7 heteroatoms. The topological polar surface area (TPSA) is 70.7 Å². The highest BCUT2D eigenvalue weighted by Gasteiger charge is 2.40. The second kappa shape index (κ2) is 11.7. The number of para-hydroxylation sites is 1. The summed E-state index contributed by atoms with van der Waals surface area (Å²) in [5, 5.41) is 5.94. The number of hydrogen-bond acceptors (Lipinski definition) is 4. The lowest BCUT2D eigenvalue weighted by Crippen LogP contribution is -2.50. The predicted octanol–water partition coefficient (Wildman–Crippen LogP) is 4.47. The summed E-state index contributed by atoms with van der Waals surface area (Å²) in [5.41, 5.74) is 1.77. The van der Waals surface area contributed by atoms with Crippen molar-refractivity contribution in [3.05, 3.63) is 59.4 Å². The molecule has 2 aliphatic rings. The Labute approximate surface area is 207 Å². The quantitative estimate of drug-likeness (QED) is 0.679. The van der Waals surface area contributed by atoms with E-state index in [0.717, 1.165) is 50.7 Å². The van der Waals surface area contributed by atoms with Crippen molar-refractivity contribution in [2.45, 2.75) is 51.9 Å². The summed E-state index contributed by atoms with van der Waals surface area (Å²) in [6, 6.07) is 12.8. The fourth-order valence-electron chi connectivity index (χ4n) is 5.19. The number of anilines is 1. The lowest BCUT2D eigenvalue weighted by atomic mass is 9.73. The van der Waals surface area contributed by atoms with Crippen molar-refractivity contribution in [3.8, 4) is 5.75 Å². The van der Waals surface area contributed by atoms with Crippen LogP contribution in [0.5, 0.6) is 5.75 Å². The number of aryl methyl sites for hydroxylation is 1. The molecule has 2 N–H and O–H groups in total. The van der Waals surface area contributed by atoms with E-state index in [0.29, 0.717) is 37.5 Å². The predicted molar refractivity (Wildman–Crippen MR) is 135 cm³/mol. The molecule has 6 nitrogen and oxygen atoms in total. The Balaban J connectivity index is 1.32. The first-order chi connectivity index (χ1) is 17.0. The zero-order valence-corrected chi connectivity index (χ0v) is 20.6. The first kappa shape index (κ1) is 25.2. The monoisotopic (exact) mass is 481 g/mol. The van der Waals surface area contributed by atoms with E-state index in [1.165, 1.54) is 11.6 Å². The largest absolute Gasteiger partial charge is 0.491 e. The molecule has 0 radical (unpaired) electrons. The van der Waals surface area contributed by atoms with Gasteiger partial charge < -0.3 is 15.4 Å². The van der Waals surface area contributed by atoms with E-state index in [1.807, 2.05) is 18.2 Å². The molecule has 1 saturated heterocycles. The van der Waals surface area contributed by atoms with Crippen LogP contribution in [-0.2, 0) is 16.0 Å². The highest BCUT2D eigenvalue weighted by molar-refractivity contribution is 5.93. The fraction of sp³-hybridized carbons (Fsp3) is 0.500. The maximum absolute atomic E-state index is 13.8. The molecular formula is C28H36FN3O3. The average molecular weight is 482 g/mol. The lowest BCUT2D eigenvalue weighted by Gasteiger charge is -2.40. The average Bonchev–Trinajstić information content (AvgIpc) is 2.87. The number of halogens is 1. The van der Waals surface area contributed by atoms with Crippen LogP contribution in [0.3, 0.4) is 0 Å². The number of fused-ring (bicyclic) bond motifs is 1. The smallest absolute Gasteiger partial charge is 0.238 e. The molecule has 0 unspecified atom stereocenters. The van der Waals surface area contributed by atoms with Crippen molar-refractivity contribution < 1.29 is 18.7 Å². The number of amides is 2. The molecule has 2 heterocycles. The standard InChI is InChI=1S/C28H36FN3O3/c1-21-23(29)10-7-11-24(21)31-26(33)20-32-17-14-28(15-18-32)13-6-2-3-8-22-9-4-5-12-25(22)35-19-16-30-27(28)34/h4-5,7,9-12H,2-3,6,8,13-20H2,1H3,(H,30,34)(H,31,33). The molecule has 0 bridgehead atoms. The molecule has 0 aliphatic carbocycles. The lowest BCUT2D eigenvalue weighted by molar-refractivity contribution is -0.135. The minimum absolute atomic E-state index is 0.105. The number of carbonyl (C=O) groups excluding carboxylic acids is 2. The normalized spacial score (nSPS) is 19.3. The fourth-order valence-corrected chi connectivity index (χ4v) is 5.19. The van der Waals surface area contributed by atoms with Gasteiger partial charge in [0.25, 0.3) is 0 Å². The van der Waals surface area contributed by atoms with Crippen LogP contribution in [0.2, 0.25) is 0 Å². The van der Waals surface area contributed by atoms with Crippen LogP contribution in [0.15, 0.2) is 42.5 Å². The van der Waals surface area contributed by atoms with Gasteiger partial charge in [0.05, 0.1) is 18.5 Å². The van der Waals surface area contributed by atoms with E-state index in [-0.39, 0.29) is 24.2 Å². The van der Waals surface area contributed by atoms with Crippen LogP contribution in [0.4, 0.5) is 10.1 Å². The number of carbonyl (C=O) groups is 2. The summed E-state index contributed by atoms with van der Waals surface area (Å²) in [7, 11) is 0. The molecule has 2 aliphatic heterocycles. The number of nitrogens with one attached hydrogen (secondary N) is 2. The number of ether oxygens (including phenoxy) is 1. The van der Waals surface area contributed by atoms with Crippen LogP contribution < -0.4 is 15.4 Å². The third-order valence-electron chi connectivity index (χ3n) is 7.42. The SMILES string of the molecule is Cc1c(F)cccc1NC(=O)CN1CCC2(CCCCCc3ccccc3OCCNC2=O)CC1. The van der Waals surface area contributed by atoms with E-state index < -0.39 is 5.41 Å². The Kier molecular flexibility index (Phi) is 8.39. The summed E-state index contributed by atoms with van der Waals surface area (Å²) >= 11 is 0. The van der Waals surface area contributed by atoms with Gasteiger partial charge in [-0.05, 0) is 75.9 Å². The van der Waals surface area contributed by atoms with Crippen LogP contribution in [0.25, 0.3) is 0 Å². The van der Waals surface area contributed by atoms with Crippen molar-refractivity contribution >= 4 is 17.5 Å². The molecule has 2 aromatic rings. The van der Waals surface area contributed by atoms with Crippen molar-refractivity contribution in [2.75, 3.05) is 38.1 Å². The van der Waals surface area contributed by atoms with Crippen molar-refractivity contribution in [1.82, 2.24) is 10.2 Å². The number of nitrogens with zero attached hydrogens (tertiary/aromatic N) is 1. The molecule has 188 valence electrons. The minimum Gasteiger partial charge on any atom is -0.491 e. The Morgan fingerprint density at radius 2 is 1.89 bits per heavy atom. The van der Waals surface area contributed by atoms with Gasteiger partial charge in [-0.15, -0.1) is 0 Å².